The number of carbonyl (C=O) groups is 1. The summed E-state index contributed by atoms with van der Waals surface area (Å²) in [6.45, 7) is 4.65. The second-order valence-electron chi connectivity index (χ2n) is 9.32. The predicted molar refractivity (Wildman–Crippen MR) is 134 cm³/mol. The summed E-state index contributed by atoms with van der Waals surface area (Å²) in [7, 11) is 1.56. The lowest BCUT2D eigenvalue weighted by molar-refractivity contribution is -0.274. The van der Waals surface area contributed by atoms with E-state index in [1.807, 2.05) is 12.1 Å². The summed E-state index contributed by atoms with van der Waals surface area (Å²) >= 11 is 6.04. The smallest absolute Gasteiger partial charge is 0.425 e. The third kappa shape index (κ3) is 5.44. The average Bonchev–Trinajstić information content (AvgIpc) is 3.48. The van der Waals surface area contributed by atoms with Gasteiger partial charge in [-0.3, -0.25) is 14.4 Å². The van der Waals surface area contributed by atoms with Crippen LogP contribution in [0.15, 0.2) is 55.1 Å². The van der Waals surface area contributed by atoms with Crippen LogP contribution < -0.4 is 14.4 Å². The fourth-order valence-electron chi connectivity index (χ4n) is 4.24. The van der Waals surface area contributed by atoms with Crippen molar-refractivity contribution in [1.82, 2.24) is 14.5 Å². The van der Waals surface area contributed by atoms with Gasteiger partial charge in [0.25, 0.3) is 0 Å². The number of aromatic nitrogens is 2. The molecule has 2 aromatic carbocycles. The number of nitrogens with zero attached hydrogens (tertiary/aromatic N) is 4. The summed E-state index contributed by atoms with van der Waals surface area (Å²) in [6, 6.07) is 11.8. The molecule has 0 unspecified atom stereocenters. The fourth-order valence-corrected chi connectivity index (χ4v) is 4.36. The second-order valence-corrected chi connectivity index (χ2v) is 9.75. The first-order valence-corrected chi connectivity index (χ1v) is 12.2. The quantitative estimate of drug-likeness (QED) is 0.372. The number of alkyl halides is 3. The van der Waals surface area contributed by atoms with Crippen LogP contribution in [0.3, 0.4) is 0 Å². The zero-order chi connectivity index (χ0) is 27.2. The molecule has 1 fully saturated rings. The van der Waals surface area contributed by atoms with Gasteiger partial charge in [0.05, 0.1) is 17.8 Å². The Morgan fingerprint density at radius 3 is 2.50 bits per heavy atom. The lowest BCUT2D eigenvalue weighted by Gasteiger charge is -2.35. The Hall–Kier alpha value is -3.70. The van der Waals surface area contributed by atoms with Crippen LogP contribution in [0.2, 0.25) is 5.02 Å². The number of urea groups is 1. The van der Waals surface area contributed by atoms with Crippen molar-refractivity contribution in [3.05, 3.63) is 71.4 Å². The first kappa shape index (κ1) is 25.9. The number of hydrogen-bond acceptors (Lipinski definition) is 5. The first-order valence-electron chi connectivity index (χ1n) is 11.8. The summed E-state index contributed by atoms with van der Waals surface area (Å²) in [5.41, 5.74) is 0.945. The van der Waals surface area contributed by atoms with Crippen molar-refractivity contribution in [3.8, 4) is 17.5 Å². The highest BCUT2D eigenvalue weighted by atomic mass is 35.5. The zero-order valence-electron chi connectivity index (χ0n) is 20.3. The first-order chi connectivity index (χ1) is 17.9. The Balaban J connectivity index is 1.53. The van der Waals surface area contributed by atoms with Gasteiger partial charge in [-0.15, -0.1) is 13.2 Å². The van der Waals surface area contributed by atoms with E-state index in [1.54, 1.807) is 23.7 Å². The van der Waals surface area contributed by atoms with Gasteiger partial charge in [-0.25, -0.2) is 4.79 Å². The Morgan fingerprint density at radius 2 is 1.84 bits per heavy atom. The van der Waals surface area contributed by atoms with Gasteiger partial charge in [0.15, 0.2) is 5.82 Å². The van der Waals surface area contributed by atoms with Crippen LogP contribution in [0, 0.1) is 0 Å². The minimum absolute atomic E-state index is 0.0394. The van der Waals surface area contributed by atoms with Crippen molar-refractivity contribution in [3.63, 3.8) is 0 Å². The summed E-state index contributed by atoms with van der Waals surface area (Å²) in [5, 5.41) is 10.9. The van der Waals surface area contributed by atoms with E-state index in [-0.39, 0.29) is 36.7 Å². The Labute approximate surface area is 221 Å². The summed E-state index contributed by atoms with van der Waals surface area (Å²) in [6.07, 6.45) is -3.08. The molecule has 2 aliphatic rings. The SMILES string of the molecule is C=C1c2c(nc(Oc3cccc(OC(F)(F)F)c3)n2Cc2ccc(Cl)cc2)N(C)C(=O)N1CCC1(O)CC1. The zero-order valence-corrected chi connectivity index (χ0v) is 21.1. The number of aliphatic hydroxyl groups is 1. The molecule has 8 nitrogen and oxygen atoms in total. The highest BCUT2D eigenvalue weighted by Crippen LogP contribution is 2.42. The monoisotopic (exact) mass is 548 g/mol. The molecule has 38 heavy (non-hydrogen) atoms. The van der Waals surface area contributed by atoms with E-state index in [9.17, 15) is 23.1 Å². The maximum atomic E-state index is 13.2. The molecule has 3 aromatic rings. The summed E-state index contributed by atoms with van der Waals surface area (Å²) < 4.78 is 49.8. The number of amides is 2. The number of benzene rings is 2. The van der Waals surface area contributed by atoms with Crippen LogP contribution in [0.4, 0.5) is 23.8 Å². The van der Waals surface area contributed by atoms with Crippen molar-refractivity contribution >= 4 is 29.1 Å². The van der Waals surface area contributed by atoms with E-state index in [2.05, 4.69) is 16.3 Å². The minimum atomic E-state index is -4.86. The third-order valence-corrected chi connectivity index (χ3v) is 6.73. The molecule has 1 saturated carbocycles. The maximum absolute atomic E-state index is 13.2. The van der Waals surface area contributed by atoms with E-state index in [0.717, 1.165) is 17.7 Å². The minimum Gasteiger partial charge on any atom is -0.425 e. The normalized spacial score (nSPS) is 16.5. The van der Waals surface area contributed by atoms with E-state index in [1.165, 1.54) is 21.9 Å². The number of carbonyl (C=O) groups excluding carboxylic acids is 1. The molecule has 2 amide bonds. The molecule has 0 radical (unpaired) electrons. The van der Waals surface area contributed by atoms with Crippen molar-refractivity contribution < 1.29 is 32.5 Å². The molecule has 1 N–H and O–H groups in total. The molecule has 0 saturated heterocycles. The van der Waals surface area contributed by atoms with Crippen molar-refractivity contribution in [2.45, 2.75) is 37.8 Å². The van der Waals surface area contributed by atoms with E-state index in [0.29, 0.717) is 35.7 Å². The fraction of sp³-hybridized carbons (Fsp3) is 0.308. The number of halogens is 4. The summed E-state index contributed by atoms with van der Waals surface area (Å²) in [4.78, 5) is 20.5. The molecule has 1 aliphatic heterocycles. The highest BCUT2D eigenvalue weighted by Gasteiger charge is 2.43. The number of anilines is 1. The molecule has 1 aromatic heterocycles. The largest absolute Gasteiger partial charge is 0.573 e. The van der Waals surface area contributed by atoms with Gasteiger partial charge in [0, 0.05) is 24.7 Å². The van der Waals surface area contributed by atoms with Crippen LogP contribution >= 0.6 is 11.6 Å². The van der Waals surface area contributed by atoms with Gasteiger partial charge in [-0.05, 0) is 49.1 Å². The molecule has 200 valence electrons. The number of imidazole rings is 1. The van der Waals surface area contributed by atoms with Crippen LogP contribution in [0.1, 0.15) is 30.5 Å². The molecule has 0 spiro atoms. The van der Waals surface area contributed by atoms with Gasteiger partial charge in [-0.1, -0.05) is 36.4 Å². The highest BCUT2D eigenvalue weighted by molar-refractivity contribution is 6.30. The molecule has 0 bridgehead atoms. The summed E-state index contributed by atoms with van der Waals surface area (Å²) in [5.74, 6) is -0.108. The molecule has 2 heterocycles. The molecule has 12 heteroatoms. The van der Waals surface area contributed by atoms with Crippen molar-refractivity contribution in [2.24, 2.45) is 0 Å². The average molecular weight is 549 g/mol. The number of rotatable bonds is 8. The second kappa shape index (κ2) is 9.55. The number of hydrogen-bond donors (Lipinski definition) is 1. The predicted octanol–water partition coefficient (Wildman–Crippen LogP) is 6.03. The van der Waals surface area contributed by atoms with Crippen LogP contribution in [0.25, 0.3) is 5.70 Å². The van der Waals surface area contributed by atoms with Crippen LogP contribution in [-0.2, 0) is 6.54 Å². The molecular weight excluding hydrogens is 525 g/mol. The van der Waals surface area contributed by atoms with Gasteiger partial charge < -0.3 is 14.6 Å². The molecule has 0 atom stereocenters. The van der Waals surface area contributed by atoms with E-state index >= 15 is 0 Å². The van der Waals surface area contributed by atoms with Crippen LogP contribution in [-0.4, -0.2) is 51.1 Å². The maximum Gasteiger partial charge on any atom is 0.573 e. The van der Waals surface area contributed by atoms with Gasteiger partial charge in [0.1, 0.15) is 17.2 Å². The van der Waals surface area contributed by atoms with Gasteiger partial charge in [-0.2, -0.15) is 4.98 Å². The Bertz CT molecular complexity index is 1390. The molecule has 5 rings (SSSR count). The van der Waals surface area contributed by atoms with E-state index in [4.69, 9.17) is 16.3 Å². The lowest BCUT2D eigenvalue weighted by atomic mass is 10.1. The van der Waals surface area contributed by atoms with Gasteiger partial charge in [0.2, 0.25) is 0 Å². The third-order valence-electron chi connectivity index (χ3n) is 6.48. The topological polar surface area (TPSA) is 80.1 Å². The number of ether oxygens (including phenoxy) is 2. The van der Waals surface area contributed by atoms with Gasteiger partial charge >= 0.3 is 18.4 Å². The Kier molecular flexibility index (Phi) is 6.52. The molecule has 1 aliphatic carbocycles. The van der Waals surface area contributed by atoms with Crippen molar-refractivity contribution in [2.75, 3.05) is 18.5 Å². The molecular formula is C26H24ClF3N4O4. The van der Waals surface area contributed by atoms with E-state index < -0.39 is 17.7 Å². The Morgan fingerprint density at radius 1 is 1.16 bits per heavy atom. The van der Waals surface area contributed by atoms with Crippen LogP contribution in [0.5, 0.6) is 17.5 Å². The standard InChI is InChI=1S/C26H24ClF3N4O4/c1-16-21-22(32(2)24(35)33(16)13-12-25(36)10-11-25)31-23(34(21)15-17-6-8-18(27)9-7-17)37-19-4-3-5-20(14-19)38-26(28,29)30/h3-9,14,36H,1,10-13,15H2,2H3. The van der Waals surface area contributed by atoms with Crippen molar-refractivity contribution in [1.29, 1.82) is 0 Å². The lowest BCUT2D eigenvalue weighted by Crippen LogP contribution is -2.45. The number of fused-ring (bicyclic) bond motifs is 1.